The van der Waals surface area contributed by atoms with E-state index in [2.05, 4.69) is 38.1 Å². The Balaban J connectivity index is 1.57. The largest absolute Gasteiger partial charge is 0.494 e. The fourth-order valence-corrected chi connectivity index (χ4v) is 3.51. The third-order valence-corrected chi connectivity index (χ3v) is 5.13. The number of ether oxygens (including phenoxy) is 2. The normalized spacial score (nSPS) is 10.6. The van der Waals surface area contributed by atoms with Crippen molar-refractivity contribution in [3.8, 4) is 11.5 Å². The number of rotatable bonds is 11. The molecule has 0 atom stereocenters. The maximum Gasteiger partial charge on any atom is 0.119 e. The van der Waals surface area contributed by atoms with E-state index in [-0.39, 0.29) is 0 Å². The van der Waals surface area contributed by atoms with Gasteiger partial charge in [-0.25, -0.2) is 0 Å². The molecule has 0 saturated heterocycles. The maximum atomic E-state index is 5.77. The Morgan fingerprint density at radius 3 is 1.33 bits per heavy atom. The van der Waals surface area contributed by atoms with Gasteiger partial charge in [0.25, 0.3) is 0 Å². The summed E-state index contributed by atoms with van der Waals surface area (Å²) in [5.74, 6) is 4.08. The molecule has 2 aromatic rings. The quantitative estimate of drug-likeness (QED) is 0.352. The molecule has 2 aromatic carbocycles. The highest BCUT2D eigenvalue weighted by molar-refractivity contribution is 7.99. The fourth-order valence-electron chi connectivity index (χ4n) is 2.18. The van der Waals surface area contributed by atoms with Crippen LogP contribution in [0.5, 0.6) is 11.5 Å². The maximum absolute atomic E-state index is 5.77. The second kappa shape index (κ2) is 11.3. The van der Waals surface area contributed by atoms with Crippen molar-refractivity contribution in [2.75, 3.05) is 24.7 Å². The highest BCUT2D eigenvalue weighted by atomic mass is 32.2. The van der Waals surface area contributed by atoms with E-state index in [1.54, 1.807) is 0 Å². The second-order valence-corrected chi connectivity index (χ2v) is 7.89. The molecule has 0 aliphatic carbocycles. The van der Waals surface area contributed by atoms with Gasteiger partial charge in [0.2, 0.25) is 0 Å². The summed E-state index contributed by atoms with van der Waals surface area (Å²) < 4.78 is 11.5. The van der Waals surface area contributed by atoms with Crippen LogP contribution in [0.3, 0.4) is 0 Å². The van der Waals surface area contributed by atoms with E-state index in [4.69, 9.17) is 9.47 Å². The molecular formula is C20H26O2S2. The number of hydrogen-bond donors (Lipinski definition) is 0. The minimum atomic E-state index is 0.732. The van der Waals surface area contributed by atoms with E-state index in [9.17, 15) is 0 Å². The Kier molecular flexibility index (Phi) is 9.00. The number of thioether (sulfide) groups is 2. The molecule has 0 N–H and O–H groups in total. The SMILES string of the molecule is CCSc1ccc(OCCCCOc2ccc(SCC)cc2)cc1. The molecule has 24 heavy (non-hydrogen) atoms. The Morgan fingerprint density at radius 1 is 0.625 bits per heavy atom. The average molecular weight is 363 g/mol. The zero-order chi connectivity index (χ0) is 17.0. The average Bonchev–Trinajstić information content (AvgIpc) is 2.61. The van der Waals surface area contributed by atoms with Gasteiger partial charge in [-0.3, -0.25) is 0 Å². The standard InChI is InChI=1S/C20H26O2S2/c1-3-23-19-11-7-17(8-12-19)21-15-5-6-16-22-18-9-13-20(14-10-18)24-4-2/h7-14H,3-6,15-16H2,1-2H3. The van der Waals surface area contributed by atoms with Crippen LogP contribution in [-0.2, 0) is 0 Å². The van der Waals surface area contributed by atoms with Crippen molar-refractivity contribution in [2.24, 2.45) is 0 Å². The second-order valence-electron chi connectivity index (χ2n) is 5.21. The summed E-state index contributed by atoms with van der Waals surface area (Å²) in [5, 5.41) is 0. The molecule has 0 amide bonds. The van der Waals surface area contributed by atoms with Crippen LogP contribution in [0.15, 0.2) is 58.3 Å². The van der Waals surface area contributed by atoms with Gasteiger partial charge in [0.05, 0.1) is 13.2 Å². The van der Waals surface area contributed by atoms with E-state index in [0.717, 1.165) is 49.1 Å². The van der Waals surface area contributed by atoms with Crippen molar-refractivity contribution in [1.82, 2.24) is 0 Å². The van der Waals surface area contributed by atoms with Crippen LogP contribution >= 0.6 is 23.5 Å². The summed E-state index contributed by atoms with van der Waals surface area (Å²) in [6.45, 7) is 5.79. The van der Waals surface area contributed by atoms with Gasteiger partial charge < -0.3 is 9.47 Å². The number of benzene rings is 2. The van der Waals surface area contributed by atoms with Crippen molar-refractivity contribution in [3.05, 3.63) is 48.5 Å². The molecule has 0 spiro atoms. The van der Waals surface area contributed by atoms with Crippen molar-refractivity contribution >= 4 is 23.5 Å². The van der Waals surface area contributed by atoms with Crippen LogP contribution in [0.1, 0.15) is 26.7 Å². The van der Waals surface area contributed by atoms with Gasteiger partial charge in [0.15, 0.2) is 0 Å². The van der Waals surface area contributed by atoms with Crippen molar-refractivity contribution < 1.29 is 9.47 Å². The summed E-state index contributed by atoms with van der Waals surface area (Å²) in [5.41, 5.74) is 0. The lowest BCUT2D eigenvalue weighted by molar-refractivity contribution is 0.266. The number of unbranched alkanes of at least 4 members (excludes halogenated alkanes) is 1. The predicted molar refractivity (Wildman–Crippen MR) is 106 cm³/mol. The topological polar surface area (TPSA) is 18.5 Å². The zero-order valence-corrected chi connectivity index (χ0v) is 16.1. The highest BCUT2D eigenvalue weighted by Crippen LogP contribution is 2.22. The molecule has 0 fully saturated rings. The third kappa shape index (κ3) is 7.10. The van der Waals surface area contributed by atoms with E-state index in [1.807, 2.05) is 47.8 Å². The van der Waals surface area contributed by atoms with Gasteiger partial charge in [0, 0.05) is 9.79 Å². The van der Waals surface area contributed by atoms with Crippen LogP contribution in [0.4, 0.5) is 0 Å². The monoisotopic (exact) mass is 362 g/mol. The Labute approximate surface area is 154 Å². The van der Waals surface area contributed by atoms with E-state index in [1.165, 1.54) is 9.79 Å². The van der Waals surface area contributed by atoms with Crippen molar-refractivity contribution in [1.29, 1.82) is 0 Å². The first kappa shape index (κ1) is 19.1. The van der Waals surface area contributed by atoms with Crippen LogP contribution < -0.4 is 9.47 Å². The van der Waals surface area contributed by atoms with Gasteiger partial charge in [-0.2, -0.15) is 0 Å². The fraction of sp³-hybridized carbons (Fsp3) is 0.400. The molecule has 2 nitrogen and oxygen atoms in total. The van der Waals surface area contributed by atoms with E-state index >= 15 is 0 Å². The Hall–Kier alpha value is -1.26. The first-order valence-corrected chi connectivity index (χ1v) is 10.5. The molecule has 0 radical (unpaired) electrons. The summed E-state index contributed by atoms with van der Waals surface area (Å²) in [7, 11) is 0. The summed E-state index contributed by atoms with van der Waals surface area (Å²) >= 11 is 3.69. The molecule has 0 heterocycles. The molecule has 2 rings (SSSR count). The highest BCUT2D eigenvalue weighted by Gasteiger charge is 1.98. The molecule has 0 aliphatic heterocycles. The third-order valence-electron chi connectivity index (χ3n) is 3.35. The molecule has 0 unspecified atom stereocenters. The van der Waals surface area contributed by atoms with E-state index in [0.29, 0.717) is 0 Å². The first-order chi connectivity index (χ1) is 11.8. The first-order valence-electron chi connectivity index (χ1n) is 8.53. The molecule has 0 bridgehead atoms. The number of hydrogen-bond acceptors (Lipinski definition) is 4. The molecule has 0 aromatic heterocycles. The Morgan fingerprint density at radius 2 is 1.00 bits per heavy atom. The minimum absolute atomic E-state index is 0.732. The minimum Gasteiger partial charge on any atom is -0.494 e. The smallest absolute Gasteiger partial charge is 0.119 e. The van der Waals surface area contributed by atoms with Gasteiger partial charge in [-0.15, -0.1) is 23.5 Å². The van der Waals surface area contributed by atoms with Crippen LogP contribution in [0.25, 0.3) is 0 Å². The Bertz CT molecular complexity index is 514. The zero-order valence-electron chi connectivity index (χ0n) is 14.5. The summed E-state index contributed by atoms with van der Waals surface area (Å²) in [4.78, 5) is 2.59. The van der Waals surface area contributed by atoms with Crippen LogP contribution in [0, 0.1) is 0 Å². The van der Waals surface area contributed by atoms with Crippen molar-refractivity contribution in [3.63, 3.8) is 0 Å². The molecule has 130 valence electrons. The van der Waals surface area contributed by atoms with Gasteiger partial charge in [-0.1, -0.05) is 13.8 Å². The lowest BCUT2D eigenvalue weighted by Crippen LogP contribution is -2.02. The molecule has 4 heteroatoms. The van der Waals surface area contributed by atoms with E-state index < -0.39 is 0 Å². The molecular weight excluding hydrogens is 336 g/mol. The predicted octanol–water partition coefficient (Wildman–Crippen LogP) is 6.15. The van der Waals surface area contributed by atoms with Crippen molar-refractivity contribution in [2.45, 2.75) is 36.5 Å². The lowest BCUT2D eigenvalue weighted by Gasteiger charge is -2.08. The van der Waals surface area contributed by atoms with Crippen LogP contribution in [-0.4, -0.2) is 24.7 Å². The van der Waals surface area contributed by atoms with Gasteiger partial charge in [-0.05, 0) is 72.9 Å². The van der Waals surface area contributed by atoms with Gasteiger partial charge in [0.1, 0.15) is 11.5 Å². The van der Waals surface area contributed by atoms with Crippen LogP contribution in [0.2, 0.25) is 0 Å². The molecule has 0 aliphatic rings. The summed E-state index contributed by atoms with van der Waals surface area (Å²) in [6.07, 6.45) is 1.99. The molecule has 0 saturated carbocycles. The van der Waals surface area contributed by atoms with Gasteiger partial charge >= 0.3 is 0 Å². The lowest BCUT2D eigenvalue weighted by atomic mass is 10.3. The summed E-state index contributed by atoms with van der Waals surface area (Å²) in [6, 6.07) is 16.7.